The van der Waals surface area contributed by atoms with Gasteiger partial charge in [0, 0.05) is 40.8 Å². The Labute approximate surface area is 183 Å². The van der Waals surface area contributed by atoms with Gasteiger partial charge >= 0.3 is 5.97 Å². The quantitative estimate of drug-likeness (QED) is 0.250. The van der Waals surface area contributed by atoms with Gasteiger partial charge in [-0.1, -0.05) is 6.07 Å². The number of ether oxygens (including phenoxy) is 3. The van der Waals surface area contributed by atoms with Crippen molar-refractivity contribution in [3.63, 3.8) is 0 Å². The van der Waals surface area contributed by atoms with Crippen LogP contribution in [0.15, 0.2) is 48.5 Å². The molecule has 9 heteroatoms. The van der Waals surface area contributed by atoms with Gasteiger partial charge in [0.1, 0.15) is 13.2 Å². The zero-order valence-electron chi connectivity index (χ0n) is 17.5. The van der Waals surface area contributed by atoms with Crippen molar-refractivity contribution < 1.29 is 28.7 Å². The van der Waals surface area contributed by atoms with Gasteiger partial charge in [-0.2, -0.15) is 0 Å². The zero-order chi connectivity index (χ0) is 22.8. The highest BCUT2D eigenvalue weighted by atomic mass is 16.6. The first-order valence-corrected chi connectivity index (χ1v) is 9.89. The van der Waals surface area contributed by atoms with Crippen LogP contribution in [0.2, 0.25) is 0 Å². The Balaban J connectivity index is 1.51. The fraction of sp³-hybridized carbons (Fsp3) is 0.217. The van der Waals surface area contributed by atoms with Gasteiger partial charge in [0.2, 0.25) is 5.78 Å². The minimum atomic E-state index is -0.803. The second-order valence-corrected chi connectivity index (χ2v) is 7.25. The topological polar surface area (TPSA) is 110 Å². The second-order valence-electron chi connectivity index (χ2n) is 7.25. The van der Waals surface area contributed by atoms with E-state index in [0.29, 0.717) is 36.0 Å². The van der Waals surface area contributed by atoms with Crippen LogP contribution in [0.3, 0.4) is 0 Å². The predicted molar refractivity (Wildman–Crippen MR) is 114 cm³/mol. The molecule has 1 aromatic heterocycles. The molecule has 0 radical (unpaired) electrons. The zero-order valence-corrected chi connectivity index (χ0v) is 17.5. The number of carbonyl (C=O) groups excluding carboxylic acids is 2. The largest absolute Gasteiger partial charge is 0.486 e. The molecule has 0 saturated heterocycles. The van der Waals surface area contributed by atoms with Gasteiger partial charge < -0.3 is 18.8 Å². The number of ketones is 1. The van der Waals surface area contributed by atoms with Crippen molar-refractivity contribution in [2.24, 2.45) is 0 Å². The first kappa shape index (κ1) is 21.1. The van der Waals surface area contributed by atoms with Crippen LogP contribution in [0.25, 0.3) is 5.69 Å². The highest BCUT2D eigenvalue weighted by Gasteiger charge is 2.21. The van der Waals surface area contributed by atoms with Crippen LogP contribution in [0, 0.1) is 24.0 Å². The molecule has 9 nitrogen and oxygen atoms in total. The van der Waals surface area contributed by atoms with Gasteiger partial charge in [-0.25, -0.2) is 4.79 Å². The number of Topliss-reactive ketones (excluding diaryl/α,β-unsaturated/α-hetero) is 1. The van der Waals surface area contributed by atoms with E-state index in [9.17, 15) is 19.7 Å². The average molecular weight is 436 g/mol. The molecule has 3 aromatic rings. The highest BCUT2D eigenvalue weighted by Crippen LogP contribution is 2.33. The highest BCUT2D eigenvalue weighted by molar-refractivity contribution is 6.00. The molecule has 32 heavy (non-hydrogen) atoms. The Kier molecular flexibility index (Phi) is 5.63. The normalized spacial score (nSPS) is 12.3. The number of esters is 1. The molecule has 0 fully saturated rings. The van der Waals surface area contributed by atoms with Gasteiger partial charge in [-0.15, -0.1) is 0 Å². The van der Waals surface area contributed by atoms with Crippen molar-refractivity contribution in [2.75, 3.05) is 19.8 Å². The van der Waals surface area contributed by atoms with Crippen molar-refractivity contribution in [1.82, 2.24) is 4.57 Å². The lowest BCUT2D eigenvalue weighted by Crippen LogP contribution is -2.16. The summed E-state index contributed by atoms with van der Waals surface area (Å²) in [5, 5.41) is 10.9. The number of non-ortho nitro benzene ring substituents is 1. The molecule has 0 bridgehead atoms. The molecule has 0 saturated carbocycles. The van der Waals surface area contributed by atoms with E-state index in [1.807, 2.05) is 29.7 Å². The Bertz CT molecular complexity index is 1230. The number of hydrogen-bond acceptors (Lipinski definition) is 7. The van der Waals surface area contributed by atoms with Gasteiger partial charge in [0.25, 0.3) is 5.69 Å². The van der Waals surface area contributed by atoms with E-state index >= 15 is 0 Å². The number of benzene rings is 2. The number of rotatable bonds is 6. The summed E-state index contributed by atoms with van der Waals surface area (Å²) in [4.78, 5) is 35.3. The fourth-order valence-electron chi connectivity index (χ4n) is 3.65. The molecule has 0 amide bonds. The number of nitro groups is 1. The summed E-state index contributed by atoms with van der Waals surface area (Å²) in [6.07, 6.45) is 0. The van der Waals surface area contributed by atoms with Gasteiger partial charge in [-0.3, -0.25) is 14.9 Å². The Morgan fingerprint density at radius 2 is 1.81 bits per heavy atom. The average Bonchev–Trinajstić information content (AvgIpc) is 3.10. The van der Waals surface area contributed by atoms with Crippen molar-refractivity contribution >= 4 is 17.4 Å². The number of carbonyl (C=O) groups is 2. The molecule has 0 N–H and O–H groups in total. The van der Waals surface area contributed by atoms with E-state index in [-0.39, 0.29) is 17.0 Å². The van der Waals surface area contributed by atoms with E-state index < -0.39 is 17.5 Å². The lowest BCUT2D eigenvalue weighted by molar-refractivity contribution is -0.384. The van der Waals surface area contributed by atoms with Crippen LogP contribution in [-0.4, -0.2) is 41.1 Å². The molecule has 164 valence electrons. The van der Waals surface area contributed by atoms with Crippen LogP contribution in [-0.2, 0) is 4.74 Å². The summed E-state index contributed by atoms with van der Waals surface area (Å²) in [7, 11) is 0. The number of aromatic nitrogens is 1. The van der Waals surface area contributed by atoms with Crippen molar-refractivity contribution in [3.05, 3.63) is 81.2 Å². The number of nitrogens with zero attached hydrogens (tertiary/aromatic N) is 2. The summed E-state index contributed by atoms with van der Waals surface area (Å²) in [5.41, 5.74) is 2.53. The molecule has 0 spiro atoms. The first-order chi connectivity index (χ1) is 15.3. The third-order valence-electron chi connectivity index (χ3n) is 5.14. The van der Waals surface area contributed by atoms with Crippen molar-refractivity contribution in [1.29, 1.82) is 0 Å². The SMILES string of the molecule is Cc1cc(C(=O)COC(=O)c2cccc([N+](=O)[O-])c2)c(C)n1-c1ccc2c(c1)OCCO2. The molecule has 1 aliphatic heterocycles. The van der Waals surface area contributed by atoms with Crippen LogP contribution in [0.4, 0.5) is 5.69 Å². The van der Waals surface area contributed by atoms with E-state index in [0.717, 1.165) is 17.4 Å². The third kappa shape index (κ3) is 4.04. The molecule has 1 aliphatic rings. The van der Waals surface area contributed by atoms with Gasteiger partial charge in [-0.05, 0) is 38.1 Å². The molecular weight excluding hydrogens is 416 g/mol. The maximum atomic E-state index is 12.8. The lowest BCUT2D eigenvalue weighted by atomic mass is 10.1. The minimum absolute atomic E-state index is 0.00810. The van der Waals surface area contributed by atoms with Gasteiger partial charge in [0.05, 0.1) is 10.5 Å². The fourth-order valence-corrected chi connectivity index (χ4v) is 3.65. The summed E-state index contributed by atoms with van der Waals surface area (Å²) in [6.45, 7) is 4.17. The standard InChI is InChI=1S/C23H20N2O7/c1-14-10-19(15(2)24(14)17-6-7-21-22(12-17)31-9-8-30-21)20(26)13-32-23(27)16-4-3-5-18(11-16)25(28)29/h3-7,10-12H,8-9,13H2,1-2H3. The summed E-state index contributed by atoms with van der Waals surface area (Å²) in [5.74, 6) is 0.134. The molecule has 2 aromatic carbocycles. The molecular formula is C23H20N2O7. The molecule has 0 atom stereocenters. The predicted octanol–water partition coefficient (Wildman–Crippen LogP) is 3.81. The van der Waals surface area contributed by atoms with E-state index in [1.165, 1.54) is 18.2 Å². The number of fused-ring (bicyclic) bond motifs is 1. The number of hydrogen-bond donors (Lipinski definition) is 0. The van der Waals surface area contributed by atoms with Crippen LogP contribution >= 0.6 is 0 Å². The molecule has 0 aliphatic carbocycles. The minimum Gasteiger partial charge on any atom is -0.486 e. The van der Waals surface area contributed by atoms with Crippen molar-refractivity contribution in [3.8, 4) is 17.2 Å². The Hall–Kier alpha value is -4.14. The third-order valence-corrected chi connectivity index (χ3v) is 5.14. The van der Waals surface area contributed by atoms with Crippen molar-refractivity contribution in [2.45, 2.75) is 13.8 Å². The van der Waals surface area contributed by atoms with Crippen LogP contribution in [0.1, 0.15) is 32.1 Å². The second kappa shape index (κ2) is 8.54. The first-order valence-electron chi connectivity index (χ1n) is 9.89. The number of aryl methyl sites for hydroxylation is 1. The monoisotopic (exact) mass is 436 g/mol. The van der Waals surface area contributed by atoms with E-state index in [2.05, 4.69) is 0 Å². The molecule has 4 rings (SSSR count). The number of nitro benzene ring substituents is 1. The maximum Gasteiger partial charge on any atom is 0.338 e. The van der Waals surface area contributed by atoms with E-state index in [4.69, 9.17) is 14.2 Å². The molecule has 2 heterocycles. The Morgan fingerprint density at radius 3 is 2.56 bits per heavy atom. The smallest absolute Gasteiger partial charge is 0.338 e. The summed E-state index contributed by atoms with van der Waals surface area (Å²) in [6, 6.07) is 12.5. The summed E-state index contributed by atoms with van der Waals surface area (Å²) >= 11 is 0. The van der Waals surface area contributed by atoms with Crippen LogP contribution in [0.5, 0.6) is 11.5 Å². The Morgan fingerprint density at radius 1 is 1.06 bits per heavy atom. The van der Waals surface area contributed by atoms with Gasteiger partial charge in [0.15, 0.2) is 18.1 Å². The maximum absolute atomic E-state index is 12.8. The lowest BCUT2D eigenvalue weighted by Gasteiger charge is -2.20. The van der Waals surface area contributed by atoms with Crippen LogP contribution < -0.4 is 9.47 Å². The summed E-state index contributed by atoms with van der Waals surface area (Å²) < 4.78 is 18.2. The van der Waals surface area contributed by atoms with E-state index in [1.54, 1.807) is 13.0 Å². The molecule has 0 unspecified atom stereocenters.